The lowest BCUT2D eigenvalue weighted by Gasteiger charge is -2.36. The number of para-hydroxylation sites is 1. The highest BCUT2D eigenvalue weighted by molar-refractivity contribution is 6.07. The van der Waals surface area contributed by atoms with E-state index in [0.717, 1.165) is 35.1 Å². The third kappa shape index (κ3) is 3.97. The number of fused-ring (bicyclic) bond motifs is 3. The third-order valence-electron chi connectivity index (χ3n) is 6.46. The highest BCUT2D eigenvalue weighted by Crippen LogP contribution is 2.26. The lowest BCUT2D eigenvalue weighted by molar-refractivity contribution is -0.131. The zero-order chi connectivity index (χ0) is 22.9. The second kappa shape index (κ2) is 8.69. The smallest absolute Gasteiger partial charge is 0.291 e. The number of anilines is 1. The minimum Gasteiger partial charge on any atom is -0.368 e. The Labute approximate surface area is 190 Å². The van der Waals surface area contributed by atoms with Gasteiger partial charge in [0, 0.05) is 68.2 Å². The quantitative estimate of drug-likeness (QED) is 0.472. The number of rotatable bonds is 5. The maximum Gasteiger partial charge on any atom is 0.291 e. The molecule has 5 rings (SSSR count). The van der Waals surface area contributed by atoms with Gasteiger partial charge in [-0.15, -0.1) is 0 Å². The van der Waals surface area contributed by atoms with Crippen molar-refractivity contribution in [2.45, 2.75) is 19.4 Å². The Morgan fingerprint density at radius 3 is 2.48 bits per heavy atom. The average molecular weight is 448 g/mol. The first kappa shape index (κ1) is 21.2. The minimum absolute atomic E-state index is 0.129. The fraction of sp³-hybridized carbons (Fsp3) is 0.320. The standard InChI is InChI=1S/C25H26FN5O2/c1-28-25(33)24-21(17-27-28)20-5-2-3-6-22(20)31(24)12-4-7-23(32)30-15-13-29(14-16-30)19-10-8-18(26)9-11-19/h2-3,5-6,8-11,17H,4,7,12-16H2,1H3. The van der Waals surface area contributed by atoms with Gasteiger partial charge in [0.2, 0.25) is 5.91 Å². The number of piperazine rings is 1. The van der Waals surface area contributed by atoms with Crippen LogP contribution in [-0.2, 0) is 18.4 Å². The third-order valence-corrected chi connectivity index (χ3v) is 6.46. The van der Waals surface area contributed by atoms with Gasteiger partial charge in [-0.05, 0) is 36.8 Å². The van der Waals surface area contributed by atoms with Gasteiger partial charge in [0.05, 0.1) is 6.20 Å². The Kier molecular flexibility index (Phi) is 5.58. The number of aromatic nitrogens is 3. The van der Waals surface area contributed by atoms with Crippen LogP contribution >= 0.6 is 0 Å². The molecule has 33 heavy (non-hydrogen) atoms. The number of carbonyl (C=O) groups excluding carboxylic acids is 1. The van der Waals surface area contributed by atoms with Crippen LogP contribution in [0.2, 0.25) is 0 Å². The van der Waals surface area contributed by atoms with Crippen LogP contribution in [0.25, 0.3) is 21.8 Å². The molecule has 0 spiro atoms. The van der Waals surface area contributed by atoms with Gasteiger partial charge in [-0.25, -0.2) is 9.07 Å². The first-order valence-corrected chi connectivity index (χ1v) is 11.2. The molecule has 170 valence electrons. The molecule has 1 saturated heterocycles. The van der Waals surface area contributed by atoms with Crippen LogP contribution < -0.4 is 10.5 Å². The number of amides is 1. The number of carbonyl (C=O) groups is 1. The first-order chi connectivity index (χ1) is 16.0. The number of halogens is 1. The van der Waals surface area contributed by atoms with Crippen LogP contribution in [0.1, 0.15) is 12.8 Å². The second-order valence-corrected chi connectivity index (χ2v) is 8.45. The summed E-state index contributed by atoms with van der Waals surface area (Å²) in [4.78, 5) is 29.7. The minimum atomic E-state index is -0.245. The summed E-state index contributed by atoms with van der Waals surface area (Å²) in [7, 11) is 1.65. The van der Waals surface area contributed by atoms with Crippen molar-refractivity contribution < 1.29 is 9.18 Å². The van der Waals surface area contributed by atoms with Gasteiger partial charge < -0.3 is 14.4 Å². The van der Waals surface area contributed by atoms with Gasteiger partial charge in [-0.3, -0.25) is 9.59 Å². The summed E-state index contributed by atoms with van der Waals surface area (Å²) in [5.74, 6) is -0.117. The van der Waals surface area contributed by atoms with Gasteiger partial charge in [0.25, 0.3) is 5.56 Å². The molecule has 0 N–H and O–H groups in total. The van der Waals surface area contributed by atoms with E-state index in [9.17, 15) is 14.0 Å². The molecule has 3 heterocycles. The van der Waals surface area contributed by atoms with Crippen molar-refractivity contribution in [2.75, 3.05) is 31.1 Å². The maximum atomic E-state index is 13.2. The van der Waals surface area contributed by atoms with Crippen LogP contribution in [0, 0.1) is 5.82 Å². The molecule has 0 aliphatic carbocycles. The Morgan fingerprint density at radius 1 is 1.00 bits per heavy atom. The Bertz CT molecular complexity index is 1370. The molecule has 1 fully saturated rings. The molecule has 0 radical (unpaired) electrons. The van der Waals surface area contributed by atoms with Crippen molar-refractivity contribution in [3.05, 3.63) is 70.9 Å². The summed E-state index contributed by atoms with van der Waals surface area (Å²) in [6, 6.07) is 14.4. The van der Waals surface area contributed by atoms with E-state index in [4.69, 9.17) is 0 Å². The summed E-state index contributed by atoms with van der Waals surface area (Å²) < 4.78 is 16.5. The van der Waals surface area contributed by atoms with Gasteiger partial charge in [-0.1, -0.05) is 18.2 Å². The fourth-order valence-corrected chi connectivity index (χ4v) is 4.69. The fourth-order valence-electron chi connectivity index (χ4n) is 4.69. The summed E-state index contributed by atoms with van der Waals surface area (Å²) >= 11 is 0. The highest BCUT2D eigenvalue weighted by atomic mass is 19.1. The van der Waals surface area contributed by atoms with Crippen molar-refractivity contribution in [3.63, 3.8) is 0 Å². The van der Waals surface area contributed by atoms with Gasteiger partial charge in [0.1, 0.15) is 11.3 Å². The molecule has 8 heteroatoms. The number of benzene rings is 2. The number of hydrogen-bond acceptors (Lipinski definition) is 4. The topological polar surface area (TPSA) is 63.4 Å². The molecule has 1 amide bonds. The van der Waals surface area contributed by atoms with Crippen LogP contribution in [0.5, 0.6) is 0 Å². The van der Waals surface area contributed by atoms with Crippen LogP contribution in [0.4, 0.5) is 10.1 Å². The van der Waals surface area contributed by atoms with Gasteiger partial charge in [-0.2, -0.15) is 5.10 Å². The van der Waals surface area contributed by atoms with E-state index < -0.39 is 0 Å². The van der Waals surface area contributed by atoms with E-state index in [2.05, 4.69) is 10.00 Å². The summed E-state index contributed by atoms with van der Waals surface area (Å²) in [6.07, 6.45) is 2.81. The predicted octanol–water partition coefficient (Wildman–Crippen LogP) is 3.16. The number of aryl methyl sites for hydroxylation is 2. The van der Waals surface area contributed by atoms with Crippen molar-refractivity contribution in [1.29, 1.82) is 0 Å². The van der Waals surface area contributed by atoms with Crippen molar-refractivity contribution in [2.24, 2.45) is 7.05 Å². The molecule has 1 aliphatic heterocycles. The van der Waals surface area contributed by atoms with Crippen molar-refractivity contribution >= 4 is 33.4 Å². The average Bonchev–Trinajstić information content (AvgIpc) is 3.16. The van der Waals surface area contributed by atoms with Crippen LogP contribution in [0.15, 0.2) is 59.5 Å². The van der Waals surface area contributed by atoms with E-state index >= 15 is 0 Å². The molecule has 0 bridgehead atoms. The van der Waals surface area contributed by atoms with Gasteiger partial charge >= 0.3 is 0 Å². The number of nitrogens with zero attached hydrogens (tertiary/aromatic N) is 5. The van der Waals surface area contributed by atoms with Crippen molar-refractivity contribution in [1.82, 2.24) is 19.2 Å². The highest BCUT2D eigenvalue weighted by Gasteiger charge is 2.21. The summed E-state index contributed by atoms with van der Waals surface area (Å²) in [6.45, 7) is 3.35. The zero-order valence-corrected chi connectivity index (χ0v) is 18.6. The van der Waals surface area contributed by atoms with Gasteiger partial charge in [0.15, 0.2) is 0 Å². The molecule has 4 aromatic rings. The molecule has 0 saturated carbocycles. The monoisotopic (exact) mass is 447 g/mol. The normalized spacial score (nSPS) is 14.4. The molecule has 2 aromatic carbocycles. The molecule has 1 aliphatic rings. The molecule has 0 unspecified atom stereocenters. The van der Waals surface area contributed by atoms with Crippen LogP contribution in [-0.4, -0.2) is 51.3 Å². The molecular weight excluding hydrogens is 421 g/mol. The predicted molar refractivity (Wildman–Crippen MR) is 127 cm³/mol. The van der Waals surface area contributed by atoms with E-state index in [-0.39, 0.29) is 17.3 Å². The van der Waals surface area contributed by atoms with E-state index in [1.54, 1.807) is 25.4 Å². The first-order valence-electron chi connectivity index (χ1n) is 11.2. The van der Waals surface area contributed by atoms with E-state index in [1.807, 2.05) is 33.7 Å². The molecular formula is C25H26FN5O2. The lowest BCUT2D eigenvalue weighted by Crippen LogP contribution is -2.48. The SMILES string of the molecule is Cn1ncc2c3ccccc3n(CCCC(=O)N3CCN(c4ccc(F)cc4)CC3)c2c1=O. The largest absolute Gasteiger partial charge is 0.368 e. The second-order valence-electron chi connectivity index (χ2n) is 8.45. The Morgan fingerprint density at radius 2 is 1.73 bits per heavy atom. The van der Waals surface area contributed by atoms with Crippen molar-refractivity contribution in [3.8, 4) is 0 Å². The lowest BCUT2D eigenvalue weighted by atomic mass is 10.2. The molecule has 2 aromatic heterocycles. The van der Waals surface area contributed by atoms with E-state index in [1.165, 1.54) is 16.8 Å². The summed E-state index contributed by atoms with van der Waals surface area (Å²) in [5.41, 5.74) is 2.46. The molecule has 0 atom stereocenters. The Hall–Kier alpha value is -3.68. The Balaban J connectivity index is 1.25. The maximum absolute atomic E-state index is 13.2. The van der Waals surface area contributed by atoms with Crippen LogP contribution in [0.3, 0.4) is 0 Å². The zero-order valence-electron chi connectivity index (χ0n) is 18.6. The molecule has 7 nitrogen and oxygen atoms in total. The summed E-state index contributed by atoms with van der Waals surface area (Å²) in [5, 5.41) is 6.03. The van der Waals surface area contributed by atoms with E-state index in [0.29, 0.717) is 38.0 Å². The number of hydrogen-bond donors (Lipinski definition) is 0.